The first kappa shape index (κ1) is 11.7. The minimum atomic E-state index is -0.490. The monoisotopic (exact) mass is 217 g/mol. The molecule has 0 radical (unpaired) electrons. The van der Waals surface area contributed by atoms with Crippen LogP contribution in [0.15, 0.2) is 24.4 Å². The van der Waals surface area contributed by atoms with Gasteiger partial charge in [0, 0.05) is 20.2 Å². The van der Waals surface area contributed by atoms with Crippen molar-refractivity contribution in [1.82, 2.24) is 4.90 Å². The zero-order valence-electron chi connectivity index (χ0n) is 9.04. The van der Waals surface area contributed by atoms with Crippen molar-refractivity contribution >= 4 is 11.8 Å². The maximum absolute atomic E-state index is 10.8. The molecule has 0 bridgehead atoms. The van der Waals surface area contributed by atoms with E-state index in [2.05, 4.69) is 0 Å². The predicted octanol–water partition coefficient (Wildman–Crippen LogP) is 2.00. The zero-order chi connectivity index (χ0) is 12.1. The Morgan fingerprint density at radius 1 is 1.50 bits per heavy atom. The first-order valence-electron chi connectivity index (χ1n) is 4.58. The van der Waals surface area contributed by atoms with E-state index in [4.69, 9.17) is 5.26 Å². The molecule has 0 aliphatic carbocycles. The van der Waals surface area contributed by atoms with Crippen LogP contribution in [0.4, 0.5) is 5.69 Å². The average Bonchev–Trinajstić information content (AvgIpc) is 2.25. The highest BCUT2D eigenvalue weighted by molar-refractivity contribution is 5.67. The second kappa shape index (κ2) is 4.94. The van der Waals surface area contributed by atoms with E-state index in [1.807, 2.05) is 6.07 Å². The Bertz CT molecular complexity index is 473. The summed E-state index contributed by atoms with van der Waals surface area (Å²) < 4.78 is 0. The average molecular weight is 217 g/mol. The molecule has 0 fully saturated rings. The second-order valence-corrected chi connectivity index (χ2v) is 3.39. The van der Waals surface area contributed by atoms with E-state index in [9.17, 15) is 10.1 Å². The SMILES string of the molecule is CN(C)C=Cc1c(C#N)cccc1[N+](=O)[O-]. The van der Waals surface area contributed by atoms with Crippen LogP contribution < -0.4 is 0 Å². The van der Waals surface area contributed by atoms with Gasteiger partial charge in [0.2, 0.25) is 0 Å². The summed E-state index contributed by atoms with van der Waals surface area (Å²) in [6.45, 7) is 0. The van der Waals surface area contributed by atoms with Crippen molar-refractivity contribution in [2.24, 2.45) is 0 Å². The van der Waals surface area contributed by atoms with Gasteiger partial charge in [-0.25, -0.2) is 0 Å². The van der Waals surface area contributed by atoms with Gasteiger partial charge in [-0.2, -0.15) is 5.26 Å². The summed E-state index contributed by atoms with van der Waals surface area (Å²) in [5.74, 6) is 0. The summed E-state index contributed by atoms with van der Waals surface area (Å²) >= 11 is 0. The number of hydrogen-bond acceptors (Lipinski definition) is 4. The molecule has 0 aliphatic rings. The Balaban J connectivity index is 3.32. The number of nitro groups is 1. The van der Waals surface area contributed by atoms with Gasteiger partial charge in [-0.3, -0.25) is 10.1 Å². The third kappa shape index (κ3) is 2.58. The van der Waals surface area contributed by atoms with E-state index < -0.39 is 4.92 Å². The standard InChI is InChI=1S/C11H11N3O2/c1-13(2)7-6-10-9(8-12)4-3-5-11(10)14(15)16/h3-7H,1-2H3. The summed E-state index contributed by atoms with van der Waals surface area (Å²) in [4.78, 5) is 12.0. The molecule has 5 nitrogen and oxygen atoms in total. The van der Waals surface area contributed by atoms with Crippen LogP contribution in [0, 0.1) is 21.4 Å². The van der Waals surface area contributed by atoms with Crippen molar-refractivity contribution in [3.8, 4) is 6.07 Å². The first-order chi connectivity index (χ1) is 7.56. The summed E-state index contributed by atoms with van der Waals surface area (Å²) in [6.07, 6.45) is 3.24. The highest BCUT2D eigenvalue weighted by Crippen LogP contribution is 2.23. The lowest BCUT2D eigenvalue weighted by Crippen LogP contribution is -2.01. The van der Waals surface area contributed by atoms with Gasteiger partial charge in [0.05, 0.1) is 16.1 Å². The third-order valence-electron chi connectivity index (χ3n) is 1.94. The molecule has 0 aliphatic heterocycles. The van der Waals surface area contributed by atoms with Crippen LogP contribution in [0.2, 0.25) is 0 Å². The number of nitrogens with zero attached hydrogens (tertiary/aromatic N) is 3. The largest absolute Gasteiger partial charge is 0.383 e. The van der Waals surface area contributed by atoms with Crippen LogP contribution >= 0.6 is 0 Å². The van der Waals surface area contributed by atoms with Crippen molar-refractivity contribution in [2.45, 2.75) is 0 Å². The quantitative estimate of drug-likeness (QED) is 0.573. The summed E-state index contributed by atoms with van der Waals surface area (Å²) in [5, 5.41) is 19.7. The van der Waals surface area contributed by atoms with E-state index in [1.54, 1.807) is 37.3 Å². The Morgan fingerprint density at radius 2 is 2.19 bits per heavy atom. The highest BCUT2D eigenvalue weighted by atomic mass is 16.6. The van der Waals surface area contributed by atoms with Crippen LogP contribution in [-0.2, 0) is 0 Å². The van der Waals surface area contributed by atoms with Gasteiger partial charge in [0.1, 0.15) is 6.07 Å². The molecule has 0 spiro atoms. The number of hydrogen-bond donors (Lipinski definition) is 0. The number of rotatable bonds is 3. The maximum atomic E-state index is 10.8. The van der Waals surface area contributed by atoms with Gasteiger partial charge in [0.25, 0.3) is 5.69 Å². The van der Waals surface area contributed by atoms with E-state index in [-0.39, 0.29) is 5.69 Å². The molecule has 16 heavy (non-hydrogen) atoms. The number of benzene rings is 1. The summed E-state index contributed by atoms with van der Waals surface area (Å²) in [6, 6.07) is 6.39. The van der Waals surface area contributed by atoms with Gasteiger partial charge in [-0.05, 0) is 18.3 Å². The molecule has 5 heteroatoms. The molecule has 0 aromatic heterocycles. The lowest BCUT2D eigenvalue weighted by Gasteiger charge is -2.04. The van der Waals surface area contributed by atoms with Gasteiger partial charge in [-0.15, -0.1) is 0 Å². The number of nitro benzene ring substituents is 1. The van der Waals surface area contributed by atoms with E-state index in [1.165, 1.54) is 12.1 Å². The predicted molar refractivity (Wildman–Crippen MR) is 60.5 cm³/mol. The normalized spacial score (nSPS) is 10.1. The van der Waals surface area contributed by atoms with Crippen molar-refractivity contribution < 1.29 is 4.92 Å². The molecule has 1 aromatic rings. The number of nitriles is 1. The smallest absolute Gasteiger partial charge is 0.277 e. The Kier molecular flexibility index (Phi) is 3.62. The molecule has 1 aromatic carbocycles. The molecular weight excluding hydrogens is 206 g/mol. The molecule has 82 valence electrons. The van der Waals surface area contributed by atoms with Gasteiger partial charge in [0.15, 0.2) is 0 Å². The summed E-state index contributed by atoms with van der Waals surface area (Å²) in [5.41, 5.74) is 0.577. The first-order valence-corrected chi connectivity index (χ1v) is 4.58. The summed E-state index contributed by atoms with van der Waals surface area (Å²) in [7, 11) is 3.61. The molecule has 0 heterocycles. The van der Waals surface area contributed by atoms with Crippen molar-refractivity contribution in [3.63, 3.8) is 0 Å². The van der Waals surface area contributed by atoms with Crippen LogP contribution in [0.1, 0.15) is 11.1 Å². The van der Waals surface area contributed by atoms with E-state index in [0.717, 1.165) is 0 Å². The molecule has 0 unspecified atom stereocenters. The zero-order valence-corrected chi connectivity index (χ0v) is 9.04. The molecule has 1 rings (SSSR count). The van der Waals surface area contributed by atoms with Crippen LogP contribution in [-0.4, -0.2) is 23.9 Å². The van der Waals surface area contributed by atoms with Gasteiger partial charge < -0.3 is 4.90 Å². The van der Waals surface area contributed by atoms with Crippen LogP contribution in [0.25, 0.3) is 6.08 Å². The topological polar surface area (TPSA) is 70.2 Å². The van der Waals surface area contributed by atoms with Gasteiger partial charge in [-0.1, -0.05) is 6.07 Å². The minimum absolute atomic E-state index is 0.0582. The Hall–Kier alpha value is -2.35. The van der Waals surface area contributed by atoms with Crippen molar-refractivity contribution in [2.75, 3.05) is 14.1 Å². The molecule has 0 amide bonds. The van der Waals surface area contributed by atoms with Crippen molar-refractivity contribution in [3.05, 3.63) is 45.6 Å². The molecule has 0 saturated heterocycles. The molecular formula is C11H11N3O2. The van der Waals surface area contributed by atoms with E-state index in [0.29, 0.717) is 11.1 Å². The maximum Gasteiger partial charge on any atom is 0.277 e. The lowest BCUT2D eigenvalue weighted by molar-refractivity contribution is -0.385. The molecule has 0 N–H and O–H groups in total. The Morgan fingerprint density at radius 3 is 2.69 bits per heavy atom. The molecule has 0 atom stereocenters. The van der Waals surface area contributed by atoms with Crippen LogP contribution in [0.5, 0.6) is 0 Å². The minimum Gasteiger partial charge on any atom is -0.383 e. The fourth-order valence-corrected chi connectivity index (χ4v) is 1.21. The fourth-order valence-electron chi connectivity index (χ4n) is 1.21. The lowest BCUT2D eigenvalue weighted by atomic mass is 10.1. The van der Waals surface area contributed by atoms with Crippen LogP contribution in [0.3, 0.4) is 0 Å². The highest BCUT2D eigenvalue weighted by Gasteiger charge is 2.14. The van der Waals surface area contributed by atoms with Crippen molar-refractivity contribution in [1.29, 1.82) is 5.26 Å². The fraction of sp³-hybridized carbons (Fsp3) is 0.182. The Labute approximate surface area is 93.4 Å². The van der Waals surface area contributed by atoms with Gasteiger partial charge >= 0.3 is 0 Å². The molecule has 0 saturated carbocycles. The third-order valence-corrected chi connectivity index (χ3v) is 1.94. The van der Waals surface area contributed by atoms with E-state index >= 15 is 0 Å². The second-order valence-electron chi connectivity index (χ2n) is 3.39.